The number of benzene rings is 1. The summed E-state index contributed by atoms with van der Waals surface area (Å²) in [5, 5.41) is 0. The molecule has 1 aliphatic rings. The quantitative estimate of drug-likeness (QED) is 0.791. The van der Waals surface area contributed by atoms with E-state index in [4.69, 9.17) is 9.15 Å². The molecule has 17 heavy (non-hydrogen) atoms. The van der Waals surface area contributed by atoms with Crippen LogP contribution in [0.3, 0.4) is 0 Å². The van der Waals surface area contributed by atoms with E-state index in [2.05, 4.69) is 29.2 Å². The highest BCUT2D eigenvalue weighted by Crippen LogP contribution is 2.25. The molecule has 0 bridgehead atoms. The molecule has 0 amide bonds. The van der Waals surface area contributed by atoms with Gasteiger partial charge in [-0.15, -0.1) is 0 Å². The van der Waals surface area contributed by atoms with Gasteiger partial charge in [-0.1, -0.05) is 12.1 Å². The van der Waals surface area contributed by atoms with Gasteiger partial charge in [-0.3, -0.25) is 0 Å². The minimum atomic E-state index is 0.810. The fourth-order valence-electron chi connectivity index (χ4n) is 2.12. The van der Waals surface area contributed by atoms with Crippen LogP contribution >= 0.6 is 0 Å². The van der Waals surface area contributed by atoms with Gasteiger partial charge in [0.15, 0.2) is 0 Å². The van der Waals surface area contributed by atoms with E-state index in [-0.39, 0.29) is 0 Å². The van der Waals surface area contributed by atoms with Crippen molar-refractivity contribution in [2.24, 2.45) is 0 Å². The summed E-state index contributed by atoms with van der Waals surface area (Å²) in [6.07, 6.45) is 1.71. The summed E-state index contributed by atoms with van der Waals surface area (Å²) in [6, 6.07) is 12.3. The van der Waals surface area contributed by atoms with Crippen LogP contribution in [0.15, 0.2) is 47.1 Å². The largest absolute Gasteiger partial charge is 0.464 e. The molecule has 3 heteroatoms. The summed E-state index contributed by atoms with van der Waals surface area (Å²) >= 11 is 0. The molecule has 0 atom stereocenters. The molecule has 0 spiro atoms. The molecule has 2 heterocycles. The summed E-state index contributed by atoms with van der Waals surface area (Å²) in [5.41, 5.74) is 2.36. The topological polar surface area (TPSA) is 25.6 Å². The lowest BCUT2D eigenvalue weighted by atomic mass is 10.1. The summed E-state index contributed by atoms with van der Waals surface area (Å²) in [4.78, 5) is 2.34. The van der Waals surface area contributed by atoms with E-state index in [9.17, 15) is 0 Å². The van der Waals surface area contributed by atoms with Crippen LogP contribution in [-0.2, 0) is 4.74 Å². The lowest BCUT2D eigenvalue weighted by molar-refractivity contribution is 0.122. The fourth-order valence-corrected chi connectivity index (χ4v) is 2.12. The molecule has 1 saturated heterocycles. The maximum absolute atomic E-state index is 5.42. The van der Waals surface area contributed by atoms with E-state index in [0.29, 0.717) is 0 Å². The van der Waals surface area contributed by atoms with Crippen LogP contribution in [-0.4, -0.2) is 26.3 Å². The molecule has 0 saturated carbocycles. The Bertz CT molecular complexity index is 473. The predicted molar refractivity (Wildman–Crippen MR) is 67.2 cm³/mol. The molecule has 0 aliphatic carbocycles. The minimum Gasteiger partial charge on any atom is -0.464 e. The smallest absolute Gasteiger partial charge is 0.133 e. The Morgan fingerprint density at radius 1 is 1.00 bits per heavy atom. The number of rotatable bonds is 2. The van der Waals surface area contributed by atoms with Crippen molar-refractivity contribution in [2.75, 3.05) is 31.2 Å². The van der Waals surface area contributed by atoms with Crippen LogP contribution in [0.5, 0.6) is 0 Å². The standard InChI is InChI=1S/C14H15NO2/c1-3-12(14-5-2-8-17-14)11-13(4-1)15-6-9-16-10-7-15/h1-5,8,11H,6-7,9-10H2. The Kier molecular flexibility index (Phi) is 2.84. The molecule has 1 aliphatic heterocycles. The molecule has 1 aromatic heterocycles. The number of ether oxygens (including phenoxy) is 1. The molecular weight excluding hydrogens is 214 g/mol. The Labute approximate surface area is 101 Å². The van der Waals surface area contributed by atoms with Crippen LogP contribution in [0.25, 0.3) is 11.3 Å². The molecule has 3 nitrogen and oxygen atoms in total. The Hall–Kier alpha value is -1.74. The van der Waals surface area contributed by atoms with E-state index in [1.54, 1.807) is 6.26 Å². The highest BCUT2D eigenvalue weighted by atomic mass is 16.5. The Morgan fingerprint density at radius 3 is 2.65 bits per heavy atom. The maximum Gasteiger partial charge on any atom is 0.133 e. The monoisotopic (exact) mass is 229 g/mol. The zero-order chi connectivity index (χ0) is 11.5. The average Bonchev–Trinajstić information content (AvgIpc) is 2.94. The van der Waals surface area contributed by atoms with Gasteiger partial charge >= 0.3 is 0 Å². The number of morpholine rings is 1. The van der Waals surface area contributed by atoms with Crippen LogP contribution in [0, 0.1) is 0 Å². The summed E-state index contributed by atoms with van der Waals surface area (Å²) < 4.78 is 10.8. The zero-order valence-corrected chi connectivity index (χ0v) is 9.63. The number of nitrogens with zero attached hydrogens (tertiary/aromatic N) is 1. The molecule has 2 aromatic rings. The zero-order valence-electron chi connectivity index (χ0n) is 9.63. The van der Waals surface area contributed by atoms with E-state index in [1.165, 1.54) is 5.69 Å². The molecule has 0 radical (unpaired) electrons. The molecule has 1 fully saturated rings. The minimum absolute atomic E-state index is 0.810. The van der Waals surface area contributed by atoms with Crippen molar-refractivity contribution in [3.05, 3.63) is 42.7 Å². The number of anilines is 1. The third kappa shape index (κ3) is 2.19. The van der Waals surface area contributed by atoms with Gasteiger partial charge in [0.1, 0.15) is 5.76 Å². The second-order valence-electron chi connectivity index (χ2n) is 4.13. The van der Waals surface area contributed by atoms with Gasteiger partial charge < -0.3 is 14.1 Å². The molecule has 0 N–H and O–H groups in total. The van der Waals surface area contributed by atoms with Crippen molar-refractivity contribution in [3.63, 3.8) is 0 Å². The van der Waals surface area contributed by atoms with Crippen molar-refractivity contribution in [1.82, 2.24) is 0 Å². The van der Waals surface area contributed by atoms with Crippen LogP contribution in [0.2, 0.25) is 0 Å². The summed E-state index contributed by atoms with van der Waals surface area (Å²) in [5.74, 6) is 0.917. The van der Waals surface area contributed by atoms with Crippen molar-refractivity contribution in [2.45, 2.75) is 0 Å². The van der Waals surface area contributed by atoms with Gasteiger partial charge in [0, 0.05) is 24.3 Å². The van der Waals surface area contributed by atoms with E-state index >= 15 is 0 Å². The average molecular weight is 229 g/mol. The predicted octanol–water partition coefficient (Wildman–Crippen LogP) is 2.78. The molecule has 1 aromatic carbocycles. The van der Waals surface area contributed by atoms with E-state index in [0.717, 1.165) is 37.6 Å². The van der Waals surface area contributed by atoms with Gasteiger partial charge in [-0.2, -0.15) is 0 Å². The first kappa shape index (κ1) is 10.4. The van der Waals surface area contributed by atoms with Crippen LogP contribution < -0.4 is 4.90 Å². The lowest BCUT2D eigenvalue weighted by Crippen LogP contribution is -2.36. The van der Waals surface area contributed by atoms with Crippen molar-refractivity contribution < 1.29 is 9.15 Å². The summed E-state index contributed by atoms with van der Waals surface area (Å²) in [6.45, 7) is 3.54. The fraction of sp³-hybridized carbons (Fsp3) is 0.286. The van der Waals surface area contributed by atoms with Crippen molar-refractivity contribution in [1.29, 1.82) is 0 Å². The molecule has 0 unspecified atom stereocenters. The number of hydrogen-bond acceptors (Lipinski definition) is 3. The highest BCUT2D eigenvalue weighted by molar-refractivity contribution is 5.64. The van der Waals surface area contributed by atoms with Gasteiger partial charge in [-0.05, 0) is 24.3 Å². The third-order valence-corrected chi connectivity index (χ3v) is 3.03. The summed E-state index contributed by atoms with van der Waals surface area (Å²) in [7, 11) is 0. The van der Waals surface area contributed by atoms with E-state index < -0.39 is 0 Å². The Morgan fingerprint density at radius 2 is 1.88 bits per heavy atom. The second kappa shape index (κ2) is 4.63. The lowest BCUT2D eigenvalue weighted by Gasteiger charge is -2.29. The number of hydrogen-bond donors (Lipinski definition) is 0. The first-order valence-electron chi connectivity index (χ1n) is 5.90. The first-order valence-corrected chi connectivity index (χ1v) is 5.90. The Balaban J connectivity index is 1.88. The van der Waals surface area contributed by atoms with Gasteiger partial charge in [-0.25, -0.2) is 0 Å². The van der Waals surface area contributed by atoms with Crippen LogP contribution in [0.1, 0.15) is 0 Å². The molecular formula is C14H15NO2. The third-order valence-electron chi connectivity index (χ3n) is 3.03. The van der Waals surface area contributed by atoms with Crippen LogP contribution in [0.4, 0.5) is 5.69 Å². The SMILES string of the molecule is c1cc(-c2ccco2)cc(N2CCOCC2)c1. The first-order chi connectivity index (χ1) is 8.43. The normalized spacial score (nSPS) is 16.1. The maximum atomic E-state index is 5.42. The molecule has 3 rings (SSSR count). The second-order valence-corrected chi connectivity index (χ2v) is 4.13. The van der Waals surface area contributed by atoms with Gasteiger partial charge in [0.2, 0.25) is 0 Å². The van der Waals surface area contributed by atoms with Gasteiger partial charge in [0.25, 0.3) is 0 Å². The highest BCUT2D eigenvalue weighted by Gasteiger charge is 2.12. The van der Waals surface area contributed by atoms with Crippen molar-refractivity contribution >= 4 is 5.69 Å². The number of furan rings is 1. The van der Waals surface area contributed by atoms with Crippen molar-refractivity contribution in [3.8, 4) is 11.3 Å². The van der Waals surface area contributed by atoms with Gasteiger partial charge in [0.05, 0.1) is 19.5 Å². The molecule has 88 valence electrons. The van der Waals surface area contributed by atoms with E-state index in [1.807, 2.05) is 12.1 Å².